The Morgan fingerprint density at radius 3 is 2.42 bits per heavy atom. The van der Waals surface area contributed by atoms with Crippen molar-refractivity contribution < 1.29 is 0 Å². The minimum Gasteiger partial charge on any atom is -0.340 e. The summed E-state index contributed by atoms with van der Waals surface area (Å²) in [4.78, 5) is 11.7. The van der Waals surface area contributed by atoms with Crippen LogP contribution in [0.1, 0.15) is 38.6 Å². The first kappa shape index (κ1) is 14.3. The molecule has 0 bridgehead atoms. The molecule has 4 heteroatoms. The van der Waals surface area contributed by atoms with Gasteiger partial charge in [0, 0.05) is 24.5 Å². The van der Waals surface area contributed by atoms with E-state index < -0.39 is 0 Å². The second-order valence-electron chi connectivity index (χ2n) is 5.57. The van der Waals surface area contributed by atoms with Crippen molar-refractivity contribution in [2.75, 3.05) is 24.5 Å². The van der Waals surface area contributed by atoms with Gasteiger partial charge in [-0.2, -0.15) is 0 Å². The lowest BCUT2D eigenvalue weighted by atomic mass is 9.87. The van der Waals surface area contributed by atoms with Gasteiger partial charge in [0.2, 0.25) is 5.95 Å². The molecule has 1 aliphatic rings. The number of anilines is 1. The molecule has 2 rings (SSSR count). The molecule has 0 spiro atoms. The largest absolute Gasteiger partial charge is 0.340 e. The number of rotatable bonds is 4. The Morgan fingerprint density at radius 2 is 1.89 bits per heavy atom. The molecule has 2 unspecified atom stereocenters. The highest BCUT2D eigenvalue weighted by molar-refractivity contribution is 5.33. The topological polar surface area (TPSA) is 55.0 Å². The summed E-state index contributed by atoms with van der Waals surface area (Å²) < 4.78 is 0. The van der Waals surface area contributed by atoms with Gasteiger partial charge in [0.05, 0.1) is 0 Å². The quantitative estimate of drug-likeness (QED) is 0.902. The fourth-order valence-electron chi connectivity index (χ4n) is 2.68. The first-order valence-corrected chi connectivity index (χ1v) is 7.49. The van der Waals surface area contributed by atoms with E-state index in [4.69, 9.17) is 15.7 Å². The first-order valence-electron chi connectivity index (χ1n) is 7.49. The second kappa shape index (κ2) is 6.33. The van der Waals surface area contributed by atoms with E-state index in [0.717, 1.165) is 49.8 Å². The molecule has 0 amide bonds. The third-order valence-corrected chi connectivity index (χ3v) is 4.24. The summed E-state index contributed by atoms with van der Waals surface area (Å²) in [6, 6.07) is 2.12. The van der Waals surface area contributed by atoms with E-state index >= 15 is 0 Å². The van der Waals surface area contributed by atoms with Crippen LogP contribution in [0.4, 0.5) is 5.95 Å². The normalized spacial score (nSPS) is 23.7. The van der Waals surface area contributed by atoms with E-state index in [1.165, 1.54) is 6.42 Å². The monoisotopic (exact) mass is 262 g/mol. The maximum atomic E-state index is 5.88. The maximum absolute atomic E-state index is 5.88. The predicted molar refractivity (Wildman–Crippen MR) is 79.3 cm³/mol. The van der Waals surface area contributed by atoms with Gasteiger partial charge in [-0.05, 0) is 43.7 Å². The molecule has 19 heavy (non-hydrogen) atoms. The van der Waals surface area contributed by atoms with Crippen molar-refractivity contribution in [3.8, 4) is 0 Å². The summed E-state index contributed by atoms with van der Waals surface area (Å²) in [6.45, 7) is 9.39. The highest BCUT2D eigenvalue weighted by atomic mass is 15.3. The van der Waals surface area contributed by atoms with E-state index in [1.807, 2.05) is 0 Å². The van der Waals surface area contributed by atoms with Crippen LogP contribution in [0.2, 0.25) is 0 Å². The van der Waals surface area contributed by atoms with Crippen LogP contribution >= 0.6 is 0 Å². The van der Waals surface area contributed by atoms with Gasteiger partial charge in [0.15, 0.2) is 0 Å². The maximum Gasteiger partial charge on any atom is 0.225 e. The van der Waals surface area contributed by atoms with Crippen molar-refractivity contribution in [1.82, 2.24) is 9.97 Å². The highest BCUT2D eigenvalue weighted by Gasteiger charge is 2.26. The van der Waals surface area contributed by atoms with Crippen molar-refractivity contribution in [1.29, 1.82) is 0 Å². The number of piperidine rings is 1. The summed E-state index contributed by atoms with van der Waals surface area (Å²) in [6.07, 6.45) is 3.11. The minimum absolute atomic E-state index is 0.563. The van der Waals surface area contributed by atoms with Crippen LogP contribution in [0.15, 0.2) is 6.07 Å². The number of aryl methyl sites for hydroxylation is 2. The standard InChI is InChI=1S/C15H26N4/c1-4-13-8-14(5-2)18-15(17-13)19-7-6-11(3)12(9-16)10-19/h8,11-12H,4-7,9-10,16H2,1-3H3. The average Bonchev–Trinajstić information content (AvgIpc) is 2.47. The fourth-order valence-corrected chi connectivity index (χ4v) is 2.68. The van der Waals surface area contributed by atoms with E-state index in [9.17, 15) is 0 Å². The first-order chi connectivity index (χ1) is 9.17. The summed E-state index contributed by atoms with van der Waals surface area (Å²) in [5, 5.41) is 0. The molecule has 2 N–H and O–H groups in total. The highest BCUT2D eigenvalue weighted by Crippen LogP contribution is 2.25. The summed E-state index contributed by atoms with van der Waals surface area (Å²) >= 11 is 0. The number of nitrogens with two attached hydrogens (primary N) is 1. The van der Waals surface area contributed by atoms with Crippen LogP contribution in [0.5, 0.6) is 0 Å². The lowest BCUT2D eigenvalue weighted by Gasteiger charge is -2.36. The Balaban J connectivity index is 2.21. The Kier molecular flexibility index (Phi) is 4.75. The summed E-state index contributed by atoms with van der Waals surface area (Å²) in [7, 11) is 0. The van der Waals surface area contributed by atoms with Gasteiger partial charge in [-0.15, -0.1) is 0 Å². The summed E-state index contributed by atoms with van der Waals surface area (Å²) in [5.41, 5.74) is 8.17. The van der Waals surface area contributed by atoms with Crippen LogP contribution in [-0.4, -0.2) is 29.6 Å². The lowest BCUT2D eigenvalue weighted by molar-refractivity contribution is 0.305. The van der Waals surface area contributed by atoms with E-state index in [0.29, 0.717) is 11.8 Å². The Labute approximate surface area is 116 Å². The van der Waals surface area contributed by atoms with E-state index in [-0.39, 0.29) is 0 Å². The minimum atomic E-state index is 0.563. The second-order valence-corrected chi connectivity index (χ2v) is 5.57. The zero-order valence-corrected chi connectivity index (χ0v) is 12.4. The number of hydrogen-bond donors (Lipinski definition) is 1. The number of aromatic nitrogens is 2. The fraction of sp³-hybridized carbons (Fsp3) is 0.733. The Hall–Kier alpha value is -1.16. The van der Waals surface area contributed by atoms with Gasteiger partial charge in [0.25, 0.3) is 0 Å². The molecule has 0 aliphatic carbocycles. The summed E-state index contributed by atoms with van der Waals surface area (Å²) in [5.74, 6) is 2.18. The molecule has 2 atom stereocenters. The molecule has 2 heterocycles. The molecule has 1 saturated heterocycles. The molecule has 1 fully saturated rings. The molecule has 0 radical (unpaired) electrons. The van der Waals surface area contributed by atoms with Crippen molar-refractivity contribution in [2.24, 2.45) is 17.6 Å². The molecular weight excluding hydrogens is 236 g/mol. The van der Waals surface area contributed by atoms with Gasteiger partial charge in [0.1, 0.15) is 0 Å². The third-order valence-electron chi connectivity index (χ3n) is 4.24. The van der Waals surface area contributed by atoms with Crippen LogP contribution in [-0.2, 0) is 12.8 Å². The van der Waals surface area contributed by atoms with Gasteiger partial charge in [-0.1, -0.05) is 20.8 Å². The van der Waals surface area contributed by atoms with E-state index in [1.54, 1.807) is 0 Å². The molecule has 0 saturated carbocycles. The molecule has 4 nitrogen and oxygen atoms in total. The number of hydrogen-bond acceptors (Lipinski definition) is 4. The molecular formula is C15H26N4. The SMILES string of the molecule is CCc1cc(CC)nc(N2CCC(C)C(CN)C2)n1. The smallest absolute Gasteiger partial charge is 0.225 e. The van der Waals surface area contributed by atoms with Gasteiger partial charge in [-0.25, -0.2) is 9.97 Å². The number of nitrogens with zero attached hydrogens (tertiary/aromatic N) is 3. The lowest BCUT2D eigenvalue weighted by Crippen LogP contribution is -2.43. The zero-order valence-electron chi connectivity index (χ0n) is 12.4. The predicted octanol–water partition coefficient (Wildman–Crippen LogP) is 2.02. The molecule has 1 aromatic rings. The Morgan fingerprint density at radius 1 is 1.26 bits per heavy atom. The van der Waals surface area contributed by atoms with Crippen LogP contribution < -0.4 is 10.6 Å². The van der Waals surface area contributed by atoms with Gasteiger partial charge >= 0.3 is 0 Å². The van der Waals surface area contributed by atoms with Crippen molar-refractivity contribution in [3.05, 3.63) is 17.5 Å². The molecule has 106 valence electrons. The van der Waals surface area contributed by atoms with Gasteiger partial charge < -0.3 is 10.6 Å². The van der Waals surface area contributed by atoms with Crippen molar-refractivity contribution >= 4 is 5.95 Å². The molecule has 1 aliphatic heterocycles. The average molecular weight is 262 g/mol. The van der Waals surface area contributed by atoms with Crippen LogP contribution in [0, 0.1) is 11.8 Å². The van der Waals surface area contributed by atoms with Gasteiger partial charge in [-0.3, -0.25) is 0 Å². The van der Waals surface area contributed by atoms with Crippen molar-refractivity contribution in [3.63, 3.8) is 0 Å². The Bertz CT molecular complexity index is 396. The van der Waals surface area contributed by atoms with E-state index in [2.05, 4.69) is 31.7 Å². The van der Waals surface area contributed by atoms with Crippen molar-refractivity contribution in [2.45, 2.75) is 40.0 Å². The third kappa shape index (κ3) is 3.24. The van der Waals surface area contributed by atoms with Crippen LogP contribution in [0.3, 0.4) is 0 Å². The zero-order chi connectivity index (χ0) is 13.8. The molecule has 1 aromatic heterocycles. The van der Waals surface area contributed by atoms with Crippen LogP contribution in [0.25, 0.3) is 0 Å². The molecule has 0 aromatic carbocycles.